The predicted molar refractivity (Wildman–Crippen MR) is 115 cm³/mol. The van der Waals surface area contributed by atoms with Crippen molar-refractivity contribution in [1.82, 2.24) is 0 Å². The smallest absolute Gasteiger partial charge is 0.387 e. The van der Waals surface area contributed by atoms with Crippen LogP contribution in [-0.4, -0.2) is 19.5 Å². The lowest BCUT2D eigenvalue weighted by molar-refractivity contribution is -0.0498. The summed E-state index contributed by atoms with van der Waals surface area (Å²) in [5, 5.41) is 0.572. The summed E-state index contributed by atoms with van der Waals surface area (Å²) in [7, 11) is 1.56. The van der Waals surface area contributed by atoms with Crippen molar-refractivity contribution in [1.29, 1.82) is 0 Å². The molecule has 0 spiro atoms. The van der Waals surface area contributed by atoms with Crippen molar-refractivity contribution in [2.24, 2.45) is 0 Å². The third-order valence-electron chi connectivity index (χ3n) is 4.27. The molecule has 0 aliphatic carbocycles. The van der Waals surface area contributed by atoms with Crippen LogP contribution < -0.4 is 14.2 Å². The summed E-state index contributed by atoms with van der Waals surface area (Å²) in [5.41, 5.74) is 1.77. The molecule has 0 atom stereocenters. The van der Waals surface area contributed by atoms with Gasteiger partial charge in [0.1, 0.15) is 23.9 Å². The highest BCUT2D eigenvalue weighted by atomic mass is 35.5. The summed E-state index contributed by atoms with van der Waals surface area (Å²) in [6.45, 7) is -2.71. The molecule has 0 saturated heterocycles. The Labute approximate surface area is 183 Å². The third kappa shape index (κ3) is 6.55. The maximum absolute atomic E-state index is 12.4. The lowest BCUT2D eigenvalue weighted by Gasteiger charge is -2.11. The van der Waals surface area contributed by atoms with Gasteiger partial charge in [0.25, 0.3) is 0 Å². The summed E-state index contributed by atoms with van der Waals surface area (Å²) >= 11 is 5.98. The Bertz CT molecular complexity index is 1080. The molecule has 7 heteroatoms. The van der Waals surface area contributed by atoms with E-state index >= 15 is 0 Å². The van der Waals surface area contributed by atoms with E-state index in [1.54, 1.807) is 49.6 Å². The number of carbonyl (C=O) groups excluding carboxylic acids is 1. The first-order valence-electron chi connectivity index (χ1n) is 9.27. The van der Waals surface area contributed by atoms with Crippen LogP contribution in [0.2, 0.25) is 5.02 Å². The highest BCUT2D eigenvalue weighted by molar-refractivity contribution is 6.30. The largest absolute Gasteiger partial charge is 0.496 e. The summed E-state index contributed by atoms with van der Waals surface area (Å²) in [6, 6.07) is 18.1. The second kappa shape index (κ2) is 10.6. The van der Waals surface area contributed by atoms with Gasteiger partial charge in [-0.05, 0) is 54.1 Å². The molecule has 31 heavy (non-hydrogen) atoms. The van der Waals surface area contributed by atoms with Crippen LogP contribution in [-0.2, 0) is 6.61 Å². The van der Waals surface area contributed by atoms with Gasteiger partial charge in [0.05, 0.1) is 7.11 Å². The lowest BCUT2D eigenvalue weighted by atomic mass is 10.1. The first kappa shape index (κ1) is 22.3. The van der Waals surface area contributed by atoms with Crippen LogP contribution >= 0.6 is 11.6 Å². The van der Waals surface area contributed by atoms with E-state index in [4.69, 9.17) is 21.1 Å². The normalized spacial score (nSPS) is 11.0. The topological polar surface area (TPSA) is 44.8 Å². The van der Waals surface area contributed by atoms with Crippen LogP contribution in [0.5, 0.6) is 17.2 Å². The number of benzene rings is 3. The van der Waals surface area contributed by atoms with Crippen molar-refractivity contribution in [3.63, 3.8) is 0 Å². The first-order chi connectivity index (χ1) is 14.9. The Hall–Kier alpha value is -3.38. The maximum Gasteiger partial charge on any atom is 0.387 e. The highest BCUT2D eigenvalue weighted by Crippen LogP contribution is 2.24. The van der Waals surface area contributed by atoms with Gasteiger partial charge < -0.3 is 14.2 Å². The average Bonchev–Trinajstić information content (AvgIpc) is 2.76. The average molecular weight is 445 g/mol. The molecule has 0 unspecified atom stereocenters. The Kier molecular flexibility index (Phi) is 7.62. The number of ketones is 1. The number of allylic oxidation sites excluding steroid dienone is 1. The standard InChI is InChI=1S/C24H19ClF2O4/c1-29-23-11-9-16(12-18(23)15-30-20-6-3-5-19(25)14-20)8-10-22(28)17-4-2-7-21(13-17)31-24(26)27/h2-14,24H,15H2,1H3/b10-8+. The molecule has 3 rings (SSSR count). The van der Waals surface area contributed by atoms with Gasteiger partial charge in [-0.15, -0.1) is 0 Å². The maximum atomic E-state index is 12.4. The summed E-state index contributed by atoms with van der Waals surface area (Å²) in [6.07, 6.45) is 3.00. The minimum Gasteiger partial charge on any atom is -0.496 e. The number of methoxy groups -OCH3 is 1. The van der Waals surface area contributed by atoms with Gasteiger partial charge in [-0.2, -0.15) is 8.78 Å². The number of alkyl halides is 2. The van der Waals surface area contributed by atoms with Crippen LogP contribution in [0.25, 0.3) is 6.08 Å². The summed E-state index contributed by atoms with van der Waals surface area (Å²) in [4.78, 5) is 12.4. The second-order valence-corrected chi connectivity index (χ2v) is 6.86. The molecule has 3 aromatic rings. The molecule has 3 aromatic carbocycles. The monoisotopic (exact) mass is 444 g/mol. The van der Waals surface area contributed by atoms with E-state index < -0.39 is 6.61 Å². The van der Waals surface area contributed by atoms with Gasteiger partial charge in [0, 0.05) is 16.1 Å². The molecule has 4 nitrogen and oxygen atoms in total. The second-order valence-electron chi connectivity index (χ2n) is 6.42. The molecule has 160 valence electrons. The third-order valence-corrected chi connectivity index (χ3v) is 4.50. The van der Waals surface area contributed by atoms with Crippen LogP contribution in [0.1, 0.15) is 21.5 Å². The SMILES string of the molecule is COc1ccc(/C=C/C(=O)c2cccc(OC(F)F)c2)cc1COc1cccc(Cl)c1. The number of hydrogen-bond donors (Lipinski definition) is 0. The summed E-state index contributed by atoms with van der Waals surface area (Å²) in [5.74, 6) is 0.852. The molecule has 0 aromatic heterocycles. The minimum atomic E-state index is -2.95. The number of halogens is 3. The van der Waals surface area contributed by atoms with Crippen molar-refractivity contribution in [2.45, 2.75) is 13.2 Å². The fourth-order valence-corrected chi connectivity index (χ4v) is 3.01. The molecule has 0 aliphatic rings. The zero-order valence-electron chi connectivity index (χ0n) is 16.6. The lowest BCUT2D eigenvalue weighted by Crippen LogP contribution is -2.03. The fourth-order valence-electron chi connectivity index (χ4n) is 2.83. The van der Waals surface area contributed by atoms with E-state index in [1.165, 1.54) is 30.3 Å². The summed E-state index contributed by atoms with van der Waals surface area (Å²) < 4.78 is 40.2. The van der Waals surface area contributed by atoms with Gasteiger partial charge in [-0.3, -0.25) is 4.79 Å². The van der Waals surface area contributed by atoms with Crippen molar-refractivity contribution < 1.29 is 27.8 Å². The molecule has 0 heterocycles. The molecule has 0 saturated carbocycles. The van der Waals surface area contributed by atoms with Crippen molar-refractivity contribution in [3.05, 3.63) is 94.5 Å². The van der Waals surface area contributed by atoms with Crippen LogP contribution in [0, 0.1) is 0 Å². The van der Waals surface area contributed by atoms with E-state index in [-0.39, 0.29) is 23.7 Å². The van der Waals surface area contributed by atoms with Gasteiger partial charge >= 0.3 is 6.61 Å². The van der Waals surface area contributed by atoms with Crippen molar-refractivity contribution in [2.75, 3.05) is 7.11 Å². The van der Waals surface area contributed by atoms with Gasteiger partial charge in [0.15, 0.2) is 5.78 Å². The van der Waals surface area contributed by atoms with Gasteiger partial charge in [-0.25, -0.2) is 0 Å². The molecule has 0 aliphatic heterocycles. The predicted octanol–water partition coefficient (Wildman–Crippen LogP) is 6.43. The highest BCUT2D eigenvalue weighted by Gasteiger charge is 2.09. The number of hydrogen-bond acceptors (Lipinski definition) is 4. The van der Waals surface area contributed by atoms with Crippen molar-refractivity contribution >= 4 is 23.5 Å². The fraction of sp³-hybridized carbons (Fsp3) is 0.125. The zero-order valence-corrected chi connectivity index (χ0v) is 17.3. The van der Waals surface area contributed by atoms with Gasteiger partial charge in [0.2, 0.25) is 0 Å². The Morgan fingerprint density at radius 1 is 1.03 bits per heavy atom. The quantitative estimate of drug-likeness (QED) is 0.282. The molecule has 0 bridgehead atoms. The molecule has 0 fully saturated rings. The van der Waals surface area contributed by atoms with E-state index in [2.05, 4.69) is 4.74 Å². The van der Waals surface area contributed by atoms with E-state index in [0.29, 0.717) is 16.5 Å². The molecule has 0 radical (unpaired) electrons. The van der Waals surface area contributed by atoms with Crippen LogP contribution in [0.3, 0.4) is 0 Å². The Morgan fingerprint density at radius 2 is 1.81 bits per heavy atom. The van der Waals surface area contributed by atoms with Crippen molar-refractivity contribution in [3.8, 4) is 17.2 Å². The zero-order chi connectivity index (χ0) is 22.2. The first-order valence-corrected chi connectivity index (χ1v) is 9.65. The van der Waals surface area contributed by atoms with Crippen LogP contribution in [0.4, 0.5) is 8.78 Å². The molecular formula is C24H19ClF2O4. The van der Waals surface area contributed by atoms with Gasteiger partial charge in [-0.1, -0.05) is 41.9 Å². The number of carbonyl (C=O) groups is 1. The van der Waals surface area contributed by atoms with E-state index in [0.717, 1.165) is 11.1 Å². The van der Waals surface area contributed by atoms with E-state index in [1.807, 2.05) is 6.07 Å². The minimum absolute atomic E-state index is 0.0702. The van der Waals surface area contributed by atoms with Crippen LogP contribution in [0.15, 0.2) is 72.8 Å². The number of ether oxygens (including phenoxy) is 3. The molecule has 0 amide bonds. The number of rotatable bonds is 9. The Balaban J connectivity index is 1.73. The molecule has 0 N–H and O–H groups in total. The van der Waals surface area contributed by atoms with E-state index in [9.17, 15) is 13.6 Å². The molecular weight excluding hydrogens is 426 g/mol. The Morgan fingerprint density at radius 3 is 2.55 bits per heavy atom.